The third-order valence-electron chi connectivity index (χ3n) is 5.11. The second-order valence-electron chi connectivity index (χ2n) is 9.43. The van der Waals surface area contributed by atoms with Gasteiger partial charge in [-0.05, 0) is 51.2 Å². The van der Waals surface area contributed by atoms with Crippen LogP contribution >= 0.6 is 0 Å². The Kier molecular flexibility index (Phi) is 5.78. The van der Waals surface area contributed by atoms with Gasteiger partial charge in [0, 0.05) is 37.1 Å². The van der Waals surface area contributed by atoms with Gasteiger partial charge >= 0.3 is 6.09 Å². The first-order valence-electron chi connectivity index (χ1n) is 10.0. The van der Waals surface area contributed by atoms with Crippen LogP contribution < -0.4 is 5.32 Å². The Morgan fingerprint density at radius 3 is 2.76 bits per heavy atom. The Morgan fingerprint density at radius 2 is 2.03 bits per heavy atom. The van der Waals surface area contributed by atoms with Gasteiger partial charge in [-0.3, -0.25) is 14.8 Å². The minimum absolute atomic E-state index is 0.0182. The number of aromatic nitrogens is 2. The summed E-state index contributed by atoms with van der Waals surface area (Å²) in [4.78, 5) is 35.7. The number of pyridine rings is 2. The fraction of sp³-hybridized carbons (Fsp3) is 0.545. The number of nitrogens with one attached hydrogen (secondary N) is 1. The Hall–Kier alpha value is -2.70. The smallest absolute Gasteiger partial charge is 0.410 e. The molecule has 2 aromatic rings. The molecule has 1 saturated heterocycles. The van der Waals surface area contributed by atoms with E-state index >= 15 is 0 Å². The molecule has 0 aliphatic carbocycles. The van der Waals surface area contributed by atoms with Crippen molar-refractivity contribution >= 4 is 22.9 Å². The van der Waals surface area contributed by atoms with Crippen LogP contribution in [0.4, 0.5) is 4.79 Å². The Morgan fingerprint density at radius 1 is 1.28 bits per heavy atom. The Bertz CT molecular complexity index is 899. The van der Waals surface area contributed by atoms with Crippen molar-refractivity contribution < 1.29 is 14.3 Å². The van der Waals surface area contributed by atoms with Crippen LogP contribution in [0.25, 0.3) is 10.9 Å². The topological polar surface area (TPSA) is 84.4 Å². The summed E-state index contributed by atoms with van der Waals surface area (Å²) in [6.07, 6.45) is 6.38. The van der Waals surface area contributed by atoms with Crippen LogP contribution in [0.5, 0.6) is 0 Å². The number of nitrogens with zero attached hydrogens (tertiary/aromatic N) is 3. The lowest BCUT2D eigenvalue weighted by Gasteiger charge is -2.43. The molecule has 0 spiro atoms. The second-order valence-corrected chi connectivity index (χ2v) is 9.43. The van der Waals surface area contributed by atoms with Gasteiger partial charge in [0.05, 0.1) is 17.1 Å². The summed E-state index contributed by atoms with van der Waals surface area (Å²) in [5.74, 6) is -0.195. The summed E-state index contributed by atoms with van der Waals surface area (Å²) in [6.45, 7) is 10.9. The fourth-order valence-corrected chi connectivity index (χ4v) is 3.62. The monoisotopic (exact) mass is 398 g/mol. The summed E-state index contributed by atoms with van der Waals surface area (Å²) in [7, 11) is 0. The number of rotatable bonds is 3. The molecular formula is C22H30N4O3. The molecule has 156 valence electrons. The molecule has 0 radical (unpaired) electrons. The Balaban J connectivity index is 1.73. The molecule has 2 aromatic heterocycles. The lowest BCUT2D eigenvalue weighted by molar-refractivity contribution is -0.00714. The first kappa shape index (κ1) is 21.0. The Labute approximate surface area is 171 Å². The number of likely N-dealkylation sites (tertiary alicyclic amines) is 1. The van der Waals surface area contributed by atoms with Crippen molar-refractivity contribution in [1.29, 1.82) is 0 Å². The van der Waals surface area contributed by atoms with Crippen molar-refractivity contribution in [3.63, 3.8) is 0 Å². The minimum Gasteiger partial charge on any atom is -0.444 e. The van der Waals surface area contributed by atoms with E-state index < -0.39 is 5.60 Å². The first-order chi connectivity index (χ1) is 13.6. The molecule has 7 nitrogen and oxygen atoms in total. The second kappa shape index (κ2) is 7.97. The summed E-state index contributed by atoms with van der Waals surface area (Å²) < 4.78 is 5.61. The molecule has 3 heterocycles. The number of hydrogen-bond donors (Lipinski definition) is 1. The van der Waals surface area contributed by atoms with E-state index in [1.807, 2.05) is 20.8 Å². The van der Waals surface area contributed by atoms with Crippen LogP contribution in [0.1, 0.15) is 57.8 Å². The maximum absolute atomic E-state index is 12.8. The lowest BCUT2D eigenvalue weighted by atomic mass is 9.81. The molecule has 1 aliphatic heterocycles. The molecule has 1 N–H and O–H groups in total. The third kappa shape index (κ3) is 5.22. The molecule has 0 saturated carbocycles. The van der Waals surface area contributed by atoms with Crippen LogP contribution in [0, 0.1) is 5.41 Å². The van der Waals surface area contributed by atoms with Gasteiger partial charge in [0.15, 0.2) is 0 Å². The average Bonchev–Trinajstić information content (AvgIpc) is 2.64. The van der Waals surface area contributed by atoms with Gasteiger partial charge in [-0.25, -0.2) is 4.79 Å². The number of fused-ring (bicyclic) bond motifs is 1. The quantitative estimate of drug-likeness (QED) is 0.850. The molecule has 1 unspecified atom stereocenters. The van der Waals surface area contributed by atoms with E-state index in [0.717, 1.165) is 18.4 Å². The summed E-state index contributed by atoms with van der Waals surface area (Å²) >= 11 is 0. The highest BCUT2D eigenvalue weighted by molar-refractivity contribution is 6.05. The SMILES string of the molecule is CC1(C)CCC(CNC(=O)c2ccnc3ccncc23)N(C(=O)OC(C)(C)C)C1. The van der Waals surface area contributed by atoms with Gasteiger partial charge in [0.1, 0.15) is 5.60 Å². The molecule has 29 heavy (non-hydrogen) atoms. The summed E-state index contributed by atoms with van der Waals surface area (Å²) in [6, 6.07) is 3.36. The predicted octanol–water partition coefficient (Wildman–Crippen LogP) is 3.79. The number of amides is 2. The average molecular weight is 399 g/mol. The van der Waals surface area contributed by atoms with E-state index in [0.29, 0.717) is 24.0 Å². The largest absolute Gasteiger partial charge is 0.444 e. The van der Waals surface area contributed by atoms with Crippen LogP contribution in [0.2, 0.25) is 0 Å². The van der Waals surface area contributed by atoms with E-state index in [-0.39, 0.29) is 23.5 Å². The highest BCUT2D eigenvalue weighted by Gasteiger charge is 2.37. The standard InChI is InChI=1S/C22H30N4O3/c1-21(2,3)29-20(28)26-14-22(4,5)9-6-15(26)12-25-19(27)16-7-11-24-18-8-10-23-13-17(16)18/h7-8,10-11,13,15H,6,9,12,14H2,1-5H3,(H,25,27). The first-order valence-corrected chi connectivity index (χ1v) is 10.0. The van der Waals surface area contributed by atoms with Gasteiger partial charge in [-0.1, -0.05) is 13.8 Å². The number of piperidine rings is 1. The maximum Gasteiger partial charge on any atom is 0.410 e. The van der Waals surface area contributed by atoms with Crippen molar-refractivity contribution in [3.05, 3.63) is 36.3 Å². The lowest BCUT2D eigenvalue weighted by Crippen LogP contribution is -2.54. The maximum atomic E-state index is 12.8. The molecule has 1 aliphatic rings. The zero-order chi connectivity index (χ0) is 21.2. The molecule has 7 heteroatoms. The van der Waals surface area contributed by atoms with E-state index in [2.05, 4.69) is 29.1 Å². The van der Waals surface area contributed by atoms with Crippen LogP contribution in [0.15, 0.2) is 30.7 Å². The summed E-state index contributed by atoms with van der Waals surface area (Å²) in [5, 5.41) is 3.70. The van der Waals surface area contributed by atoms with Gasteiger partial charge in [0.2, 0.25) is 0 Å². The predicted molar refractivity (Wildman–Crippen MR) is 112 cm³/mol. The van der Waals surface area contributed by atoms with E-state index in [1.54, 1.807) is 35.6 Å². The van der Waals surface area contributed by atoms with Gasteiger partial charge in [0.25, 0.3) is 5.91 Å². The molecule has 1 fully saturated rings. The van der Waals surface area contributed by atoms with Crippen molar-refractivity contribution in [1.82, 2.24) is 20.2 Å². The van der Waals surface area contributed by atoms with Crippen LogP contribution in [-0.2, 0) is 4.74 Å². The van der Waals surface area contributed by atoms with E-state index in [1.165, 1.54) is 0 Å². The summed E-state index contributed by atoms with van der Waals surface area (Å²) in [5.41, 5.74) is 0.713. The highest BCUT2D eigenvalue weighted by atomic mass is 16.6. The molecule has 3 rings (SSSR count). The van der Waals surface area contributed by atoms with Gasteiger partial charge in [-0.15, -0.1) is 0 Å². The van der Waals surface area contributed by atoms with Crippen molar-refractivity contribution in [2.45, 2.75) is 59.1 Å². The van der Waals surface area contributed by atoms with E-state index in [9.17, 15) is 9.59 Å². The minimum atomic E-state index is -0.560. The molecule has 0 aromatic carbocycles. The van der Waals surface area contributed by atoms with Crippen molar-refractivity contribution in [3.8, 4) is 0 Å². The molecular weight excluding hydrogens is 368 g/mol. The van der Waals surface area contributed by atoms with Crippen molar-refractivity contribution in [2.24, 2.45) is 5.41 Å². The molecule has 2 amide bonds. The van der Waals surface area contributed by atoms with Gasteiger partial charge in [-0.2, -0.15) is 0 Å². The van der Waals surface area contributed by atoms with Crippen LogP contribution in [-0.4, -0.2) is 51.6 Å². The van der Waals surface area contributed by atoms with Gasteiger partial charge < -0.3 is 15.0 Å². The van der Waals surface area contributed by atoms with Crippen LogP contribution in [0.3, 0.4) is 0 Å². The van der Waals surface area contributed by atoms with E-state index in [4.69, 9.17) is 4.74 Å². The van der Waals surface area contributed by atoms with Crippen molar-refractivity contribution in [2.75, 3.05) is 13.1 Å². The third-order valence-corrected chi connectivity index (χ3v) is 5.11. The molecule has 1 atom stereocenters. The fourth-order valence-electron chi connectivity index (χ4n) is 3.62. The normalized spacial score (nSPS) is 19.1. The number of ether oxygens (including phenoxy) is 1. The number of hydrogen-bond acceptors (Lipinski definition) is 5. The highest BCUT2D eigenvalue weighted by Crippen LogP contribution is 2.32. The zero-order valence-electron chi connectivity index (χ0n) is 17.9. The molecule has 0 bridgehead atoms. The number of carbonyl (C=O) groups excluding carboxylic acids is 2. The number of carbonyl (C=O) groups is 2. The zero-order valence-corrected chi connectivity index (χ0v) is 17.9.